The Morgan fingerprint density at radius 2 is 1.18 bits per heavy atom. The predicted molar refractivity (Wildman–Crippen MR) is 244 cm³/mol. The number of fused-ring (bicyclic) bond motifs is 7. The molecule has 6 saturated heterocycles. The molecule has 10 aliphatic rings. The Morgan fingerprint density at radius 3 is 1.80 bits per heavy atom. The summed E-state index contributed by atoms with van der Waals surface area (Å²) < 4.78 is 64.1. The molecule has 0 bridgehead atoms. The van der Waals surface area contributed by atoms with Gasteiger partial charge in [0.25, 0.3) is 0 Å². The van der Waals surface area contributed by atoms with Gasteiger partial charge in [0.1, 0.15) is 79.4 Å². The summed E-state index contributed by atoms with van der Waals surface area (Å²) in [6.07, 6.45) is -19.9. The van der Waals surface area contributed by atoms with Gasteiger partial charge < -0.3 is 98.4 Å². The SMILES string of the molecule is C[C@@H]1CC[C@@]2(OC1)OC1C[C@H]3[C@@H]4CC=C5CC(O[C@@H]6O[C@H](C)C(OC7O[C@H](C)[C@@H](O)[C@@H](O)[C@@H]7O)[C@H](O[C@@H]7O[C@@H](C)[C@H](O)[C@@H](O)[C@H]7O)[C@H]6OC6O[C@H](CO)[C@@H](O)[C@H](O)[C@H]6O)CC[C@]5(C)[C@H]4CC[C@]3(C)[C@H]1[C@@H]2C. The van der Waals surface area contributed by atoms with Crippen LogP contribution in [0.2, 0.25) is 0 Å². The summed E-state index contributed by atoms with van der Waals surface area (Å²) in [5.74, 6) is 2.37. The fraction of sp³-hybridized carbons (Fsp3) is 0.961. The van der Waals surface area contributed by atoms with E-state index in [1.165, 1.54) is 19.4 Å². The second kappa shape index (κ2) is 20.1. The van der Waals surface area contributed by atoms with E-state index in [1.54, 1.807) is 6.92 Å². The molecule has 71 heavy (non-hydrogen) atoms. The number of hydrogen-bond donors (Lipinski definition) is 10. The van der Waals surface area contributed by atoms with E-state index < -0.39 is 141 Å². The highest BCUT2D eigenvalue weighted by Gasteiger charge is 2.69. The van der Waals surface area contributed by atoms with Crippen LogP contribution in [-0.2, 0) is 47.4 Å². The third kappa shape index (κ3) is 9.03. The van der Waals surface area contributed by atoms with Crippen molar-refractivity contribution in [2.75, 3.05) is 13.2 Å². The van der Waals surface area contributed by atoms with E-state index in [4.69, 9.17) is 47.4 Å². The van der Waals surface area contributed by atoms with Crippen molar-refractivity contribution in [2.45, 2.75) is 247 Å². The van der Waals surface area contributed by atoms with Gasteiger partial charge in [0.2, 0.25) is 0 Å². The first-order chi connectivity index (χ1) is 33.6. The zero-order chi connectivity index (χ0) is 50.8. The first-order valence-electron chi connectivity index (χ1n) is 26.6. The van der Waals surface area contributed by atoms with Crippen molar-refractivity contribution in [2.24, 2.45) is 46.3 Å². The van der Waals surface area contributed by atoms with Crippen LogP contribution in [0.3, 0.4) is 0 Å². The molecule has 3 saturated carbocycles. The van der Waals surface area contributed by atoms with Crippen molar-refractivity contribution >= 4 is 0 Å². The van der Waals surface area contributed by atoms with Crippen LogP contribution in [-0.4, -0.2) is 205 Å². The van der Waals surface area contributed by atoms with Gasteiger partial charge in [-0.1, -0.05) is 39.3 Å². The second-order valence-electron chi connectivity index (χ2n) is 23.8. The van der Waals surface area contributed by atoms with Crippen LogP contribution in [0.1, 0.15) is 106 Å². The average Bonchev–Trinajstić information content (AvgIpc) is 3.79. The van der Waals surface area contributed by atoms with Gasteiger partial charge in [-0.05, 0) is 113 Å². The van der Waals surface area contributed by atoms with Crippen LogP contribution in [0.5, 0.6) is 0 Å². The number of ether oxygens (including phenoxy) is 10. The Balaban J connectivity index is 0.921. The van der Waals surface area contributed by atoms with E-state index in [-0.39, 0.29) is 16.9 Å². The zero-order valence-corrected chi connectivity index (χ0v) is 42.1. The molecule has 0 aromatic carbocycles. The van der Waals surface area contributed by atoms with Crippen molar-refractivity contribution in [3.05, 3.63) is 11.6 Å². The zero-order valence-electron chi connectivity index (χ0n) is 42.1. The van der Waals surface area contributed by atoms with Gasteiger partial charge in [0.15, 0.2) is 30.9 Å². The Labute approximate surface area is 415 Å². The molecule has 5 unspecified atom stereocenters. The van der Waals surface area contributed by atoms with E-state index >= 15 is 0 Å². The number of aliphatic hydroxyl groups excluding tert-OH is 10. The van der Waals surface area contributed by atoms with Crippen molar-refractivity contribution in [1.82, 2.24) is 0 Å². The highest BCUT2D eigenvalue weighted by molar-refractivity contribution is 5.26. The molecule has 6 heterocycles. The summed E-state index contributed by atoms with van der Waals surface area (Å²) >= 11 is 0. The lowest BCUT2D eigenvalue weighted by molar-refractivity contribution is -0.407. The quantitative estimate of drug-likeness (QED) is 0.137. The Bertz CT molecular complexity index is 1890. The van der Waals surface area contributed by atoms with Crippen LogP contribution >= 0.6 is 0 Å². The highest BCUT2D eigenvalue weighted by atomic mass is 16.8. The standard InChI is InChI=1S/C51H82O20/c1-20-10-15-51(62-19-20)21(2)32-30(71-51)17-29-27-9-8-25-16-26(11-13-49(25,6)28(27)12-14-50(29,32)7)66-48-44(70-47-41(61)38(58)35(55)31(18-52)67-47)43(69-46-40(60)37(57)34(54)23(4)64-46)42(24(5)65-48)68-45-39(59)36(56)33(53)22(3)63-45/h8,20-24,26-48,52-61H,9-19H2,1-7H3/t20-,21+,22-,23+,24-,26?,27-,28+,29+,30?,31-,32+,33-,34+,35-,36-,37-,38+,39+,40-,41-,42?,43+,44-,45?,46+,47?,48+,49+,50+,51-/m1/s1. The topological polar surface area (TPSA) is 295 Å². The minimum atomic E-state index is -1.88. The summed E-state index contributed by atoms with van der Waals surface area (Å²) in [6, 6.07) is 0. The molecule has 0 aromatic heterocycles. The molecule has 9 fully saturated rings. The molecule has 406 valence electrons. The van der Waals surface area contributed by atoms with Crippen LogP contribution in [0, 0.1) is 46.3 Å². The molecule has 4 aliphatic carbocycles. The molecule has 20 heteroatoms. The maximum absolute atomic E-state index is 11.3. The van der Waals surface area contributed by atoms with Gasteiger partial charge in [-0.3, -0.25) is 0 Å². The van der Waals surface area contributed by atoms with Crippen LogP contribution in [0.4, 0.5) is 0 Å². The third-order valence-electron chi connectivity index (χ3n) is 19.7. The Kier molecular flexibility index (Phi) is 15.1. The van der Waals surface area contributed by atoms with Gasteiger partial charge >= 0.3 is 0 Å². The minimum absolute atomic E-state index is 0.0810. The minimum Gasteiger partial charge on any atom is -0.394 e. The van der Waals surface area contributed by atoms with Crippen molar-refractivity contribution in [3.8, 4) is 0 Å². The molecule has 31 atom stereocenters. The fourth-order valence-electron chi connectivity index (χ4n) is 15.4. The molecule has 1 spiro atoms. The number of allylic oxidation sites excluding steroid dienone is 1. The summed E-state index contributed by atoms with van der Waals surface area (Å²) in [6.45, 7) is 14.2. The average molecular weight is 1020 g/mol. The smallest absolute Gasteiger partial charge is 0.187 e. The summed E-state index contributed by atoms with van der Waals surface area (Å²) in [5, 5.41) is 108. The summed E-state index contributed by atoms with van der Waals surface area (Å²) in [7, 11) is 0. The first kappa shape index (κ1) is 53.3. The number of aliphatic hydroxyl groups is 10. The molecular weight excluding hydrogens is 933 g/mol. The number of hydrogen-bond acceptors (Lipinski definition) is 20. The van der Waals surface area contributed by atoms with E-state index in [0.29, 0.717) is 48.3 Å². The van der Waals surface area contributed by atoms with Crippen molar-refractivity contribution in [1.29, 1.82) is 0 Å². The van der Waals surface area contributed by atoms with Crippen molar-refractivity contribution in [3.63, 3.8) is 0 Å². The molecule has 0 amide bonds. The van der Waals surface area contributed by atoms with Gasteiger partial charge in [0.05, 0.1) is 43.7 Å². The van der Waals surface area contributed by atoms with Crippen LogP contribution < -0.4 is 0 Å². The fourth-order valence-corrected chi connectivity index (χ4v) is 15.4. The van der Waals surface area contributed by atoms with Gasteiger partial charge in [-0.2, -0.15) is 0 Å². The highest BCUT2D eigenvalue weighted by Crippen LogP contribution is 2.71. The van der Waals surface area contributed by atoms with Gasteiger partial charge in [0, 0.05) is 12.3 Å². The summed E-state index contributed by atoms with van der Waals surface area (Å²) in [5.41, 5.74) is 1.39. The first-order valence-corrected chi connectivity index (χ1v) is 26.6. The van der Waals surface area contributed by atoms with Crippen LogP contribution in [0.25, 0.3) is 0 Å². The van der Waals surface area contributed by atoms with Gasteiger partial charge in [-0.25, -0.2) is 0 Å². The number of rotatable bonds is 9. The lowest BCUT2D eigenvalue weighted by atomic mass is 9.47. The molecule has 6 aliphatic heterocycles. The maximum atomic E-state index is 11.3. The second-order valence-corrected chi connectivity index (χ2v) is 23.8. The Hall–Kier alpha value is -1.06. The molecule has 0 radical (unpaired) electrons. The van der Waals surface area contributed by atoms with Crippen LogP contribution in [0.15, 0.2) is 11.6 Å². The van der Waals surface area contributed by atoms with Gasteiger partial charge in [-0.15, -0.1) is 0 Å². The molecular formula is C51H82O20. The predicted octanol–water partition coefficient (Wildman–Crippen LogP) is 0.0935. The molecule has 0 aromatic rings. The van der Waals surface area contributed by atoms with E-state index in [2.05, 4.69) is 33.8 Å². The lowest BCUT2D eigenvalue weighted by Gasteiger charge is -2.59. The monoisotopic (exact) mass is 1010 g/mol. The molecule has 20 nitrogen and oxygen atoms in total. The molecule has 10 rings (SSSR count). The third-order valence-corrected chi connectivity index (χ3v) is 19.7. The summed E-state index contributed by atoms with van der Waals surface area (Å²) in [4.78, 5) is 0. The van der Waals surface area contributed by atoms with E-state index in [9.17, 15) is 51.1 Å². The lowest BCUT2D eigenvalue weighted by Crippen LogP contribution is -2.68. The van der Waals surface area contributed by atoms with E-state index in [0.717, 1.165) is 51.6 Å². The largest absolute Gasteiger partial charge is 0.394 e. The maximum Gasteiger partial charge on any atom is 0.187 e. The van der Waals surface area contributed by atoms with Crippen molar-refractivity contribution < 1.29 is 98.4 Å². The molecule has 10 N–H and O–H groups in total. The normalized spacial score (nSPS) is 58.4. The Morgan fingerprint density at radius 1 is 0.592 bits per heavy atom. The van der Waals surface area contributed by atoms with E-state index in [1.807, 2.05) is 0 Å².